The van der Waals surface area contributed by atoms with Crippen LogP contribution in [-0.4, -0.2) is 49.4 Å². The number of nitrogens with two attached hydrogens (primary N) is 1. The maximum Gasteiger partial charge on any atom is 0.241 e. The van der Waals surface area contributed by atoms with Gasteiger partial charge in [0.1, 0.15) is 6.04 Å². The number of rotatable bonds is 5. The first-order valence-corrected chi connectivity index (χ1v) is 8.05. The molecule has 1 atom stereocenters. The number of nitrogens with zero attached hydrogens (tertiary/aromatic N) is 1. The van der Waals surface area contributed by atoms with Gasteiger partial charge in [0.25, 0.3) is 0 Å². The first-order valence-electron chi connectivity index (χ1n) is 8.05. The molecule has 1 aliphatic rings. The fraction of sp³-hybridized carbons (Fsp3) is 0.529. The van der Waals surface area contributed by atoms with Crippen LogP contribution in [0.15, 0.2) is 24.3 Å². The second-order valence-electron chi connectivity index (χ2n) is 6.12. The van der Waals surface area contributed by atoms with Gasteiger partial charge in [0, 0.05) is 26.2 Å². The molecule has 1 saturated heterocycles. The molecule has 4 N–H and O–H groups in total. The Kier molecular flexibility index (Phi) is 6.12. The summed E-state index contributed by atoms with van der Waals surface area (Å²) in [7, 11) is 1.64. The van der Waals surface area contributed by atoms with E-state index >= 15 is 0 Å². The number of hydrogen-bond donors (Lipinski definition) is 3. The smallest absolute Gasteiger partial charge is 0.241 e. The van der Waals surface area contributed by atoms with Crippen molar-refractivity contribution in [2.75, 3.05) is 26.7 Å². The number of carbonyl (C=O) groups excluding carboxylic acids is 2. The van der Waals surface area contributed by atoms with Crippen molar-refractivity contribution < 1.29 is 9.59 Å². The number of amides is 2. The van der Waals surface area contributed by atoms with Gasteiger partial charge < -0.3 is 16.4 Å². The lowest BCUT2D eigenvalue weighted by Crippen LogP contribution is -2.48. The van der Waals surface area contributed by atoms with Crippen molar-refractivity contribution in [3.8, 4) is 0 Å². The van der Waals surface area contributed by atoms with Gasteiger partial charge in [0.2, 0.25) is 11.8 Å². The molecule has 126 valence electrons. The van der Waals surface area contributed by atoms with Crippen molar-refractivity contribution in [1.82, 2.24) is 15.5 Å². The fourth-order valence-electron chi connectivity index (χ4n) is 2.73. The van der Waals surface area contributed by atoms with E-state index in [4.69, 9.17) is 5.73 Å². The highest BCUT2D eigenvalue weighted by Crippen LogP contribution is 2.14. The van der Waals surface area contributed by atoms with Crippen molar-refractivity contribution in [3.05, 3.63) is 35.4 Å². The van der Waals surface area contributed by atoms with Gasteiger partial charge in [-0.3, -0.25) is 14.5 Å². The van der Waals surface area contributed by atoms with Gasteiger partial charge in [-0.2, -0.15) is 0 Å². The van der Waals surface area contributed by atoms with Gasteiger partial charge >= 0.3 is 0 Å². The lowest BCUT2D eigenvalue weighted by atomic mass is 10.0. The molecule has 1 aliphatic heterocycles. The van der Waals surface area contributed by atoms with Crippen molar-refractivity contribution >= 4 is 11.8 Å². The minimum atomic E-state index is -0.639. The van der Waals surface area contributed by atoms with Gasteiger partial charge in [0.05, 0.1) is 6.54 Å². The van der Waals surface area contributed by atoms with E-state index in [1.54, 1.807) is 7.05 Å². The molecule has 1 fully saturated rings. The molecule has 1 aromatic rings. The molecule has 6 nitrogen and oxygen atoms in total. The third-order valence-electron chi connectivity index (χ3n) is 4.30. The molecular formula is C17H26N4O2. The Morgan fingerprint density at radius 3 is 2.43 bits per heavy atom. The standard InChI is InChI=1S/C17H26N4O2/c1-12-3-5-13(6-4-12)16(18)17(23)20-14-7-9-21(10-8-14)11-15(22)19-2/h3-6,14,16H,7-11,18H2,1-2H3,(H,19,22)(H,20,23). The van der Waals surface area contributed by atoms with Crippen LogP contribution in [0.5, 0.6) is 0 Å². The number of likely N-dealkylation sites (tertiary alicyclic amines) is 1. The summed E-state index contributed by atoms with van der Waals surface area (Å²) in [6.07, 6.45) is 1.67. The average molecular weight is 318 g/mol. The topological polar surface area (TPSA) is 87.5 Å². The zero-order valence-corrected chi connectivity index (χ0v) is 13.8. The Morgan fingerprint density at radius 1 is 1.26 bits per heavy atom. The third kappa shape index (κ3) is 5.04. The quantitative estimate of drug-likeness (QED) is 0.730. The molecule has 6 heteroatoms. The summed E-state index contributed by atoms with van der Waals surface area (Å²) < 4.78 is 0. The SMILES string of the molecule is CNC(=O)CN1CCC(NC(=O)C(N)c2ccc(C)cc2)CC1. The number of piperidine rings is 1. The maximum absolute atomic E-state index is 12.3. The van der Waals surface area contributed by atoms with E-state index < -0.39 is 6.04 Å². The fourth-order valence-corrected chi connectivity index (χ4v) is 2.73. The van der Waals surface area contributed by atoms with Crippen LogP contribution < -0.4 is 16.4 Å². The summed E-state index contributed by atoms with van der Waals surface area (Å²) >= 11 is 0. The van der Waals surface area contributed by atoms with Gasteiger partial charge in [-0.1, -0.05) is 29.8 Å². The predicted octanol–water partition coefficient (Wildman–Crippen LogP) is 0.321. The molecule has 0 aliphatic carbocycles. The highest BCUT2D eigenvalue weighted by Gasteiger charge is 2.24. The Hall–Kier alpha value is -1.92. The minimum absolute atomic E-state index is 0.0221. The second kappa shape index (κ2) is 8.08. The molecular weight excluding hydrogens is 292 g/mol. The summed E-state index contributed by atoms with van der Waals surface area (Å²) in [6, 6.07) is 7.19. The lowest BCUT2D eigenvalue weighted by molar-refractivity contribution is -0.124. The zero-order chi connectivity index (χ0) is 16.8. The first kappa shape index (κ1) is 17.4. The number of likely N-dealkylation sites (N-methyl/N-ethyl adjacent to an activating group) is 1. The van der Waals surface area contributed by atoms with E-state index in [9.17, 15) is 9.59 Å². The Balaban J connectivity index is 1.80. The summed E-state index contributed by atoms with van der Waals surface area (Å²) in [4.78, 5) is 25.8. The van der Waals surface area contributed by atoms with E-state index in [1.165, 1.54) is 0 Å². The van der Waals surface area contributed by atoms with E-state index in [1.807, 2.05) is 31.2 Å². The molecule has 1 aromatic carbocycles. The number of benzene rings is 1. The van der Waals surface area contributed by atoms with Crippen LogP contribution >= 0.6 is 0 Å². The summed E-state index contributed by atoms with van der Waals surface area (Å²) in [6.45, 7) is 4.03. The lowest BCUT2D eigenvalue weighted by Gasteiger charge is -2.32. The van der Waals surface area contributed by atoms with Gasteiger partial charge in [0.15, 0.2) is 0 Å². The molecule has 0 radical (unpaired) electrons. The number of aryl methyl sites for hydroxylation is 1. The Bertz CT molecular complexity index is 536. The van der Waals surface area contributed by atoms with Crippen molar-refractivity contribution in [3.63, 3.8) is 0 Å². The minimum Gasteiger partial charge on any atom is -0.358 e. The predicted molar refractivity (Wildman–Crippen MR) is 89.8 cm³/mol. The number of carbonyl (C=O) groups is 2. The van der Waals surface area contributed by atoms with Crippen LogP contribution in [0.3, 0.4) is 0 Å². The number of nitrogens with one attached hydrogen (secondary N) is 2. The van der Waals surface area contributed by atoms with Gasteiger partial charge in [-0.05, 0) is 25.3 Å². The Morgan fingerprint density at radius 2 is 1.87 bits per heavy atom. The molecule has 0 bridgehead atoms. The summed E-state index contributed by atoms with van der Waals surface area (Å²) in [5.41, 5.74) is 8.01. The van der Waals surface area contributed by atoms with Crippen LogP contribution in [0.25, 0.3) is 0 Å². The molecule has 1 unspecified atom stereocenters. The largest absolute Gasteiger partial charge is 0.358 e. The Labute approximate surface area is 137 Å². The van der Waals surface area contributed by atoms with Gasteiger partial charge in [-0.25, -0.2) is 0 Å². The highest BCUT2D eigenvalue weighted by atomic mass is 16.2. The molecule has 23 heavy (non-hydrogen) atoms. The van der Waals surface area contributed by atoms with Crippen molar-refractivity contribution in [1.29, 1.82) is 0 Å². The van der Waals surface area contributed by atoms with Crippen LogP contribution in [0.4, 0.5) is 0 Å². The molecule has 0 spiro atoms. The van der Waals surface area contributed by atoms with E-state index in [-0.39, 0.29) is 17.9 Å². The van der Waals surface area contributed by atoms with E-state index in [2.05, 4.69) is 15.5 Å². The van der Waals surface area contributed by atoms with Crippen LogP contribution in [0.2, 0.25) is 0 Å². The third-order valence-corrected chi connectivity index (χ3v) is 4.30. The second-order valence-corrected chi connectivity index (χ2v) is 6.12. The molecule has 2 amide bonds. The molecule has 0 aromatic heterocycles. The van der Waals surface area contributed by atoms with E-state index in [0.29, 0.717) is 6.54 Å². The summed E-state index contributed by atoms with van der Waals surface area (Å²) in [5, 5.41) is 5.65. The molecule has 2 rings (SSSR count). The monoisotopic (exact) mass is 318 g/mol. The van der Waals surface area contributed by atoms with Crippen LogP contribution in [-0.2, 0) is 9.59 Å². The zero-order valence-electron chi connectivity index (χ0n) is 13.8. The average Bonchev–Trinajstić information content (AvgIpc) is 2.56. The van der Waals surface area contributed by atoms with Crippen molar-refractivity contribution in [2.45, 2.75) is 31.8 Å². The highest BCUT2D eigenvalue weighted by molar-refractivity contribution is 5.83. The molecule has 0 saturated carbocycles. The molecule has 1 heterocycles. The summed E-state index contributed by atoms with van der Waals surface area (Å²) in [5.74, 6) is -0.118. The van der Waals surface area contributed by atoms with Crippen LogP contribution in [0, 0.1) is 6.92 Å². The maximum atomic E-state index is 12.3. The van der Waals surface area contributed by atoms with Crippen molar-refractivity contribution in [2.24, 2.45) is 5.73 Å². The first-order chi connectivity index (χ1) is 11.0. The van der Waals surface area contributed by atoms with Gasteiger partial charge in [-0.15, -0.1) is 0 Å². The van der Waals surface area contributed by atoms with E-state index in [0.717, 1.165) is 37.1 Å². The van der Waals surface area contributed by atoms with Crippen LogP contribution in [0.1, 0.15) is 30.0 Å². The number of hydrogen-bond acceptors (Lipinski definition) is 4. The normalized spacial score (nSPS) is 17.5.